The molecule has 0 bridgehead atoms. The van der Waals surface area contributed by atoms with Crippen molar-refractivity contribution in [3.8, 4) is 0 Å². The summed E-state index contributed by atoms with van der Waals surface area (Å²) in [5.74, 6) is 0. The highest BCUT2D eigenvalue weighted by atomic mass is 14.9. The molecule has 0 N–H and O–H groups in total. The van der Waals surface area contributed by atoms with Crippen LogP contribution < -0.4 is 0 Å². The number of hydrogen-bond acceptors (Lipinski definition) is 0. The average Bonchev–Trinajstić information content (AvgIpc) is 2.73. The Hall–Kier alpha value is -0.480. The molecule has 0 unspecified atom stereocenters. The van der Waals surface area contributed by atoms with Gasteiger partial charge in [-0.2, -0.15) is 0 Å². The molecule has 4 aliphatic rings. The van der Waals surface area contributed by atoms with E-state index < -0.39 is 0 Å². The Kier molecular flexibility index (Phi) is 0.545. The standard InChI is InChI=1S/C11H12/c1-2-8(1)7-9-10(3-4-10)11(9)5-6-11/h1-6H2. The van der Waals surface area contributed by atoms with Gasteiger partial charge in [-0.05, 0) is 49.7 Å². The fourth-order valence-corrected chi connectivity index (χ4v) is 2.95. The number of hydrogen-bond donors (Lipinski definition) is 0. The van der Waals surface area contributed by atoms with Crippen molar-refractivity contribution < 1.29 is 0 Å². The molecule has 0 aromatic carbocycles. The van der Waals surface area contributed by atoms with Gasteiger partial charge in [0.15, 0.2) is 0 Å². The monoisotopic (exact) mass is 144 g/mol. The van der Waals surface area contributed by atoms with Crippen molar-refractivity contribution in [2.45, 2.75) is 38.5 Å². The summed E-state index contributed by atoms with van der Waals surface area (Å²) >= 11 is 0. The van der Waals surface area contributed by atoms with E-state index in [1.54, 1.807) is 11.1 Å². The molecule has 4 fully saturated rings. The molecule has 0 aromatic rings. The Morgan fingerprint density at radius 2 is 1.45 bits per heavy atom. The zero-order valence-electron chi connectivity index (χ0n) is 6.74. The summed E-state index contributed by atoms with van der Waals surface area (Å²) in [5.41, 5.74) is 8.61. The van der Waals surface area contributed by atoms with Gasteiger partial charge in [0, 0.05) is 10.8 Å². The topological polar surface area (TPSA) is 0 Å². The molecule has 0 atom stereocenters. The Labute approximate surface area is 67.0 Å². The molecule has 0 aromatic heterocycles. The molecule has 0 radical (unpaired) electrons. The van der Waals surface area contributed by atoms with Gasteiger partial charge in [-0.15, -0.1) is 5.73 Å². The fraction of sp³-hybridized carbons (Fsp3) is 0.727. The molecule has 0 aliphatic heterocycles. The SMILES string of the molecule is C(=C1CC1)=C1C2(CC2)C12CC2. The summed E-state index contributed by atoms with van der Waals surface area (Å²) in [4.78, 5) is 0. The Bertz CT molecular complexity index is 292. The van der Waals surface area contributed by atoms with Crippen LogP contribution in [-0.2, 0) is 0 Å². The van der Waals surface area contributed by atoms with E-state index in [0.717, 1.165) is 10.8 Å². The first-order valence-electron chi connectivity index (χ1n) is 4.87. The van der Waals surface area contributed by atoms with Crippen molar-refractivity contribution >= 4 is 0 Å². The van der Waals surface area contributed by atoms with Crippen LogP contribution in [0.2, 0.25) is 0 Å². The van der Waals surface area contributed by atoms with E-state index in [1.807, 2.05) is 0 Å². The second kappa shape index (κ2) is 1.15. The molecule has 0 nitrogen and oxygen atoms in total. The third kappa shape index (κ3) is 0.427. The summed E-state index contributed by atoms with van der Waals surface area (Å²) in [7, 11) is 0. The maximum absolute atomic E-state index is 3.67. The Morgan fingerprint density at radius 1 is 0.909 bits per heavy atom. The van der Waals surface area contributed by atoms with Crippen molar-refractivity contribution in [2.75, 3.05) is 0 Å². The van der Waals surface area contributed by atoms with Gasteiger partial charge in [-0.1, -0.05) is 0 Å². The number of rotatable bonds is 0. The van der Waals surface area contributed by atoms with Crippen molar-refractivity contribution in [2.24, 2.45) is 10.8 Å². The third-order valence-electron chi connectivity index (χ3n) is 4.11. The Balaban J connectivity index is 1.92. The minimum atomic E-state index is 0.780. The zero-order chi connectivity index (χ0) is 7.10. The van der Waals surface area contributed by atoms with E-state index in [2.05, 4.69) is 5.73 Å². The maximum Gasteiger partial charge on any atom is 0.00942 e. The highest BCUT2D eigenvalue weighted by Crippen LogP contribution is 2.92. The smallest absolute Gasteiger partial charge is 0.00942 e. The van der Waals surface area contributed by atoms with Crippen molar-refractivity contribution in [1.82, 2.24) is 0 Å². The van der Waals surface area contributed by atoms with Crippen LogP contribution in [0.25, 0.3) is 0 Å². The molecule has 0 saturated heterocycles. The lowest BCUT2D eigenvalue weighted by atomic mass is 10.3. The van der Waals surface area contributed by atoms with Gasteiger partial charge in [-0.3, -0.25) is 0 Å². The fourth-order valence-electron chi connectivity index (χ4n) is 2.95. The summed E-state index contributed by atoms with van der Waals surface area (Å²) in [6, 6.07) is 0. The van der Waals surface area contributed by atoms with Crippen LogP contribution >= 0.6 is 0 Å². The second-order valence-corrected chi connectivity index (χ2v) is 4.77. The van der Waals surface area contributed by atoms with Crippen LogP contribution in [0.1, 0.15) is 38.5 Å². The van der Waals surface area contributed by atoms with Gasteiger partial charge in [0.05, 0.1) is 0 Å². The molecule has 0 heteroatoms. The molecule has 4 rings (SSSR count). The van der Waals surface area contributed by atoms with Crippen LogP contribution in [0, 0.1) is 10.8 Å². The normalized spacial score (nSPS) is 37.5. The molecular weight excluding hydrogens is 132 g/mol. The van der Waals surface area contributed by atoms with E-state index >= 15 is 0 Å². The lowest BCUT2D eigenvalue weighted by Crippen LogP contribution is -1.70. The van der Waals surface area contributed by atoms with Crippen LogP contribution in [0.5, 0.6) is 0 Å². The predicted molar refractivity (Wildman–Crippen MR) is 43.1 cm³/mol. The zero-order valence-corrected chi connectivity index (χ0v) is 6.74. The first-order chi connectivity index (χ1) is 5.37. The highest BCUT2D eigenvalue weighted by molar-refractivity contribution is 5.56. The van der Waals surface area contributed by atoms with E-state index in [-0.39, 0.29) is 0 Å². The molecule has 4 saturated carbocycles. The molecule has 11 heavy (non-hydrogen) atoms. The van der Waals surface area contributed by atoms with Gasteiger partial charge in [0.1, 0.15) is 0 Å². The summed E-state index contributed by atoms with van der Waals surface area (Å²) in [6.07, 6.45) is 8.72. The van der Waals surface area contributed by atoms with Gasteiger partial charge in [0.25, 0.3) is 0 Å². The van der Waals surface area contributed by atoms with E-state index in [1.165, 1.54) is 38.5 Å². The lowest BCUT2D eigenvalue weighted by Gasteiger charge is -1.73. The number of allylic oxidation sites excluding steroid dienone is 1. The molecule has 0 amide bonds. The van der Waals surface area contributed by atoms with E-state index in [4.69, 9.17) is 0 Å². The first kappa shape index (κ1) is 5.22. The molecule has 0 heterocycles. The van der Waals surface area contributed by atoms with Crippen molar-refractivity contribution in [1.29, 1.82) is 0 Å². The summed E-state index contributed by atoms with van der Waals surface area (Å²) in [5, 5.41) is 0. The van der Waals surface area contributed by atoms with Crippen LogP contribution in [0.15, 0.2) is 16.9 Å². The highest BCUT2D eigenvalue weighted by Gasteiger charge is 2.83. The van der Waals surface area contributed by atoms with Gasteiger partial charge < -0.3 is 0 Å². The second-order valence-electron chi connectivity index (χ2n) is 4.77. The van der Waals surface area contributed by atoms with Gasteiger partial charge >= 0.3 is 0 Å². The maximum atomic E-state index is 3.67. The summed E-state index contributed by atoms with van der Waals surface area (Å²) in [6.45, 7) is 0. The van der Waals surface area contributed by atoms with Crippen molar-refractivity contribution in [3.05, 3.63) is 16.9 Å². The van der Waals surface area contributed by atoms with Crippen LogP contribution in [-0.4, -0.2) is 0 Å². The average molecular weight is 144 g/mol. The molecule has 56 valence electrons. The minimum absolute atomic E-state index is 0.780. The molecule has 2 spiro atoms. The quantitative estimate of drug-likeness (QED) is 0.458. The van der Waals surface area contributed by atoms with Crippen molar-refractivity contribution in [3.63, 3.8) is 0 Å². The van der Waals surface area contributed by atoms with Crippen LogP contribution in [0.3, 0.4) is 0 Å². The van der Waals surface area contributed by atoms with Gasteiger partial charge in [-0.25, -0.2) is 0 Å². The first-order valence-corrected chi connectivity index (χ1v) is 4.87. The van der Waals surface area contributed by atoms with Gasteiger partial charge in [0.2, 0.25) is 0 Å². The lowest BCUT2D eigenvalue weighted by molar-refractivity contribution is 0.716. The van der Waals surface area contributed by atoms with E-state index in [9.17, 15) is 0 Å². The third-order valence-corrected chi connectivity index (χ3v) is 4.11. The minimum Gasteiger partial charge on any atom is -0.121 e. The largest absolute Gasteiger partial charge is 0.121 e. The van der Waals surface area contributed by atoms with E-state index in [0.29, 0.717) is 0 Å². The molecule has 4 aliphatic carbocycles. The molecular formula is C11H12. The van der Waals surface area contributed by atoms with Crippen LogP contribution in [0.4, 0.5) is 0 Å². The number of fused-ring (bicyclic) bond motifs is 1. The predicted octanol–water partition coefficient (Wildman–Crippen LogP) is 2.81. The summed E-state index contributed by atoms with van der Waals surface area (Å²) < 4.78 is 0. The Morgan fingerprint density at radius 3 is 1.82 bits per heavy atom.